The summed E-state index contributed by atoms with van der Waals surface area (Å²) in [6.45, 7) is 62.2. The van der Waals surface area contributed by atoms with Crippen LogP contribution in [-0.2, 0) is 15.7 Å². The Hall–Kier alpha value is -2.25. The van der Waals surface area contributed by atoms with Gasteiger partial charge < -0.3 is 24.8 Å². The van der Waals surface area contributed by atoms with Crippen molar-refractivity contribution < 1.29 is 4.74 Å². The monoisotopic (exact) mass is 988 g/mol. The van der Waals surface area contributed by atoms with E-state index < -0.39 is 0 Å². The van der Waals surface area contributed by atoms with Crippen LogP contribution in [0, 0.1) is 17.3 Å². The molecule has 0 unspecified atom stereocenters. The van der Waals surface area contributed by atoms with Gasteiger partial charge in [-0.05, 0) is 151 Å². The first-order valence-corrected chi connectivity index (χ1v) is 27.6. The van der Waals surface area contributed by atoms with Gasteiger partial charge in [0.25, 0.3) is 0 Å². The first kappa shape index (κ1) is 71.0. The minimum Gasteiger partial charge on any atom is -0.379 e. The average Bonchev–Trinajstić information content (AvgIpc) is 4.09. The molecule has 0 radical (unpaired) electrons. The summed E-state index contributed by atoms with van der Waals surface area (Å²) in [7, 11) is 2.15. The second-order valence-corrected chi connectivity index (χ2v) is 26.1. The highest BCUT2D eigenvalue weighted by molar-refractivity contribution is 7.09. The maximum atomic E-state index is 5.25. The van der Waals surface area contributed by atoms with E-state index in [1.54, 1.807) is 29.9 Å². The molecule has 11 heteroatoms. The van der Waals surface area contributed by atoms with E-state index in [0.29, 0.717) is 16.5 Å². The van der Waals surface area contributed by atoms with Crippen LogP contribution in [0.15, 0.2) is 60.9 Å². The number of hydrogen-bond donors (Lipinski definition) is 2. The van der Waals surface area contributed by atoms with Gasteiger partial charge in [0.15, 0.2) is 0 Å². The zero-order valence-electron chi connectivity index (χ0n) is 49.9. The second-order valence-electron chi connectivity index (χ2n) is 25.2. The smallest absolute Gasteiger partial charge is 0.0978 e. The molecule has 7 heterocycles. The highest BCUT2D eigenvalue weighted by Crippen LogP contribution is 2.23. The van der Waals surface area contributed by atoms with Crippen LogP contribution in [0.1, 0.15) is 189 Å². The SMILES string of the molecule is C1CCNC1.CC(C)(C)C.CC(C)(C)N1CCCCC1.CC(C)(C)N1CCOCC1.CC(C)(C)c1nccs1.CC(C)(C)n1ccnc1.CC(C)C.CC(C)C.CN1CCNCC1.c1ccncc1. The fourth-order valence-electron chi connectivity index (χ4n) is 5.76. The average molecular weight is 989 g/mol. The number of ether oxygens (including phenoxy) is 1. The summed E-state index contributed by atoms with van der Waals surface area (Å²) in [5.41, 5.74) is 1.63. The molecule has 4 aliphatic heterocycles. The fraction of sp³-hybridized carbons (Fsp3) is 0.810. The number of morpholine rings is 1. The fourth-order valence-corrected chi connectivity index (χ4v) is 6.49. The van der Waals surface area contributed by atoms with E-state index in [-0.39, 0.29) is 11.0 Å². The highest BCUT2D eigenvalue weighted by atomic mass is 32.1. The molecule has 0 amide bonds. The van der Waals surface area contributed by atoms with Gasteiger partial charge >= 0.3 is 0 Å². The van der Waals surface area contributed by atoms with Gasteiger partial charge in [-0.2, -0.15) is 0 Å². The van der Waals surface area contributed by atoms with Gasteiger partial charge in [0.2, 0.25) is 0 Å². The number of rotatable bonds is 0. The van der Waals surface area contributed by atoms with Gasteiger partial charge in [-0.15, -0.1) is 11.3 Å². The molecule has 4 fully saturated rings. The number of nitrogens with one attached hydrogen (secondary N) is 2. The first-order valence-electron chi connectivity index (χ1n) is 26.7. The molecule has 2 N–H and O–H groups in total. The lowest BCUT2D eigenvalue weighted by atomic mass is 9.98. The number of nitrogens with zero attached hydrogens (tertiary/aromatic N) is 7. The van der Waals surface area contributed by atoms with E-state index in [9.17, 15) is 0 Å². The van der Waals surface area contributed by atoms with Crippen LogP contribution in [0.25, 0.3) is 0 Å². The number of aromatic nitrogens is 4. The Morgan fingerprint density at radius 3 is 1.16 bits per heavy atom. The Balaban J connectivity index is -0.000000713. The quantitative estimate of drug-likeness (QED) is 0.229. The molecule has 406 valence electrons. The second kappa shape index (κ2) is 40.3. The summed E-state index contributed by atoms with van der Waals surface area (Å²) in [5.74, 6) is 1.67. The van der Waals surface area contributed by atoms with Gasteiger partial charge in [0.1, 0.15) is 0 Å². The normalized spacial score (nSPS) is 16.7. The first-order chi connectivity index (χ1) is 31.8. The predicted molar refractivity (Wildman–Crippen MR) is 308 cm³/mol. The predicted octanol–water partition coefficient (Wildman–Crippen LogP) is 13.8. The van der Waals surface area contributed by atoms with Crippen LogP contribution in [-0.4, -0.2) is 131 Å². The standard InChI is InChI=1S/C9H19N.C8H17NO.C7H12N2.C7H11NS.C5H12N2.C5H5N.C5H12.C4H9N.2C4H10/c1-9(2,3)10-7-5-4-6-8-10;1-8(2,3)9-4-6-10-7-5-9;1-7(2,3)9-5-4-8-6-9;1-7(2,3)6-8-4-5-9-6;1-7-4-2-6-3-5-7;1-2-4-6-5-3-1;1-5(2,3)4;1-2-4-5-3-1;2*1-4(2)3/h4-8H2,1-3H3;4-7H2,1-3H3;4-6H,1-3H3;4-5H,1-3H3;6H,2-5H2,1H3;1-5H;1-4H3;5H,1-4H2;2*4H,1-3H3. The van der Waals surface area contributed by atoms with Crippen molar-refractivity contribution in [3.05, 3.63) is 65.9 Å². The van der Waals surface area contributed by atoms with Crippen molar-refractivity contribution >= 4 is 11.3 Å². The van der Waals surface area contributed by atoms with Gasteiger partial charge in [0.05, 0.1) is 24.5 Å². The van der Waals surface area contributed by atoms with Crippen LogP contribution in [0.5, 0.6) is 0 Å². The molecule has 3 aromatic heterocycles. The summed E-state index contributed by atoms with van der Waals surface area (Å²) in [6, 6.07) is 5.72. The molecular formula is C58H117N9OS. The van der Waals surface area contributed by atoms with Crippen molar-refractivity contribution in [2.75, 3.05) is 85.7 Å². The minimum absolute atomic E-state index is 0.177. The van der Waals surface area contributed by atoms with E-state index in [0.717, 1.165) is 51.2 Å². The summed E-state index contributed by atoms with van der Waals surface area (Å²) in [6.07, 6.45) is 18.0. The van der Waals surface area contributed by atoms with Crippen molar-refractivity contribution in [3.8, 4) is 0 Å². The van der Waals surface area contributed by atoms with Crippen LogP contribution in [0.4, 0.5) is 0 Å². The van der Waals surface area contributed by atoms with Crippen LogP contribution < -0.4 is 10.6 Å². The van der Waals surface area contributed by atoms with Crippen molar-refractivity contribution in [2.45, 2.75) is 206 Å². The van der Waals surface area contributed by atoms with Gasteiger partial charge in [0, 0.05) is 97.7 Å². The summed E-state index contributed by atoms with van der Waals surface area (Å²) >= 11 is 1.72. The molecule has 0 aliphatic carbocycles. The van der Waals surface area contributed by atoms with Crippen molar-refractivity contribution in [1.82, 2.24) is 44.9 Å². The largest absolute Gasteiger partial charge is 0.379 e. The van der Waals surface area contributed by atoms with Crippen molar-refractivity contribution in [3.63, 3.8) is 0 Å². The molecule has 0 atom stereocenters. The van der Waals surface area contributed by atoms with E-state index in [2.05, 4.69) is 204 Å². The van der Waals surface area contributed by atoms with Gasteiger partial charge in [-0.1, -0.05) is 102 Å². The van der Waals surface area contributed by atoms with Crippen LogP contribution in [0.3, 0.4) is 0 Å². The van der Waals surface area contributed by atoms with E-state index in [1.165, 1.54) is 76.4 Å². The summed E-state index contributed by atoms with van der Waals surface area (Å²) in [5, 5.41) is 9.72. The maximum Gasteiger partial charge on any atom is 0.0978 e. The van der Waals surface area contributed by atoms with Crippen molar-refractivity contribution in [1.29, 1.82) is 0 Å². The van der Waals surface area contributed by atoms with Gasteiger partial charge in [-0.3, -0.25) is 14.8 Å². The molecule has 69 heavy (non-hydrogen) atoms. The minimum atomic E-state index is 0.177. The number of likely N-dealkylation sites (N-methyl/N-ethyl adjacent to an activating group) is 1. The topological polar surface area (TPSA) is 86.6 Å². The molecule has 4 saturated heterocycles. The number of piperidine rings is 1. The molecule has 0 spiro atoms. The zero-order chi connectivity index (χ0) is 53.6. The molecule has 0 bridgehead atoms. The summed E-state index contributed by atoms with van der Waals surface area (Å²) in [4.78, 5) is 19.3. The Bertz CT molecular complexity index is 1320. The van der Waals surface area contributed by atoms with E-state index >= 15 is 0 Å². The zero-order valence-corrected chi connectivity index (χ0v) is 50.7. The summed E-state index contributed by atoms with van der Waals surface area (Å²) < 4.78 is 7.33. The number of hydrogen-bond acceptors (Lipinski definition) is 10. The number of imidazole rings is 1. The third kappa shape index (κ3) is 53.4. The molecule has 4 aliphatic rings. The van der Waals surface area contributed by atoms with Crippen LogP contribution >= 0.6 is 11.3 Å². The van der Waals surface area contributed by atoms with Crippen molar-refractivity contribution in [2.24, 2.45) is 17.3 Å². The molecule has 3 aromatic rings. The lowest BCUT2D eigenvalue weighted by Gasteiger charge is -2.38. The van der Waals surface area contributed by atoms with Gasteiger partial charge in [-0.25, -0.2) is 9.97 Å². The Labute approximate surface area is 434 Å². The third-order valence-electron chi connectivity index (χ3n) is 9.48. The van der Waals surface area contributed by atoms with E-state index in [1.807, 2.05) is 42.3 Å². The Morgan fingerprint density at radius 1 is 0.522 bits per heavy atom. The molecule has 10 nitrogen and oxygen atoms in total. The number of pyridine rings is 1. The number of piperazine rings is 1. The molecule has 0 saturated carbocycles. The molecular weight excluding hydrogens is 871 g/mol. The molecule has 0 aromatic carbocycles. The Morgan fingerprint density at radius 2 is 0.957 bits per heavy atom. The maximum absolute atomic E-state index is 5.25. The van der Waals surface area contributed by atoms with E-state index in [4.69, 9.17) is 4.74 Å². The van der Waals surface area contributed by atoms with Crippen LogP contribution in [0.2, 0.25) is 0 Å². The number of likely N-dealkylation sites (tertiary alicyclic amines) is 1. The highest BCUT2D eigenvalue weighted by Gasteiger charge is 2.23. The lowest BCUT2D eigenvalue weighted by molar-refractivity contribution is -0.00389. The Kier molecular flexibility index (Phi) is 41.4. The number of thiazole rings is 1. The lowest BCUT2D eigenvalue weighted by Crippen LogP contribution is -2.47. The third-order valence-corrected chi connectivity index (χ3v) is 10.7. The molecule has 7 rings (SSSR count).